The molecule has 0 saturated carbocycles. The maximum atomic E-state index is 5.02. The van der Waals surface area contributed by atoms with Gasteiger partial charge in [-0.3, -0.25) is 0 Å². The molecule has 1 aliphatic rings. The summed E-state index contributed by atoms with van der Waals surface area (Å²) in [5, 5.41) is 3.37. The van der Waals surface area contributed by atoms with E-state index in [1.54, 1.807) is 7.11 Å². The minimum Gasteiger partial charge on any atom is -0.383 e. The first-order valence-electron chi connectivity index (χ1n) is 7.44. The van der Waals surface area contributed by atoms with Crippen molar-refractivity contribution in [2.75, 3.05) is 51.8 Å². The van der Waals surface area contributed by atoms with Crippen LogP contribution in [0, 0.1) is 0 Å². The van der Waals surface area contributed by atoms with Gasteiger partial charge in [0, 0.05) is 51.6 Å². The zero-order valence-electron chi connectivity index (χ0n) is 12.9. The van der Waals surface area contributed by atoms with Crippen LogP contribution in [0.15, 0.2) is 24.3 Å². The van der Waals surface area contributed by atoms with Gasteiger partial charge in [-0.1, -0.05) is 12.1 Å². The molecule has 1 N–H and O–H groups in total. The number of hydrogen-bond acceptors (Lipinski definition) is 4. The van der Waals surface area contributed by atoms with Crippen molar-refractivity contribution in [3.05, 3.63) is 29.8 Å². The van der Waals surface area contributed by atoms with Crippen LogP contribution in [-0.4, -0.2) is 57.9 Å². The number of nitrogens with one attached hydrogen (secondary N) is 1. The van der Waals surface area contributed by atoms with Gasteiger partial charge in [-0.2, -0.15) is 0 Å². The molecule has 0 amide bonds. The Morgan fingerprint density at radius 1 is 1.25 bits per heavy atom. The number of likely N-dealkylation sites (N-methyl/N-ethyl adjacent to an activating group) is 1. The largest absolute Gasteiger partial charge is 0.383 e. The molecule has 2 rings (SSSR count). The number of nitrogens with zero attached hydrogens (tertiary/aromatic N) is 2. The molecular formula is C16H27N3O. The highest BCUT2D eigenvalue weighted by Crippen LogP contribution is 2.19. The van der Waals surface area contributed by atoms with Crippen LogP contribution in [0.1, 0.15) is 12.5 Å². The third-order valence-electron chi connectivity index (χ3n) is 4.07. The standard InChI is InChI=1S/C16H27N3O/c1-14-13-19(10-9-18(14)2)16-6-4-15(5-7-16)12-17-8-11-20-3/h4-7,14,17H,8-13H2,1-3H3. The van der Waals surface area contributed by atoms with Crippen molar-refractivity contribution in [1.82, 2.24) is 10.2 Å². The van der Waals surface area contributed by atoms with Gasteiger partial charge in [0.1, 0.15) is 0 Å². The Labute approximate surface area is 122 Å². The van der Waals surface area contributed by atoms with Gasteiger partial charge in [-0.25, -0.2) is 0 Å². The summed E-state index contributed by atoms with van der Waals surface area (Å²) in [5.74, 6) is 0. The van der Waals surface area contributed by atoms with Gasteiger partial charge in [-0.05, 0) is 31.7 Å². The van der Waals surface area contributed by atoms with Gasteiger partial charge in [0.15, 0.2) is 0 Å². The second-order valence-electron chi connectivity index (χ2n) is 5.61. The molecular weight excluding hydrogens is 250 g/mol. The summed E-state index contributed by atoms with van der Waals surface area (Å²) in [6.45, 7) is 8.23. The first kappa shape index (κ1) is 15.3. The highest BCUT2D eigenvalue weighted by Gasteiger charge is 2.20. The van der Waals surface area contributed by atoms with E-state index in [0.717, 1.165) is 39.3 Å². The lowest BCUT2D eigenvalue weighted by atomic mass is 10.1. The fourth-order valence-corrected chi connectivity index (χ4v) is 2.51. The van der Waals surface area contributed by atoms with Crippen molar-refractivity contribution in [1.29, 1.82) is 0 Å². The number of benzene rings is 1. The van der Waals surface area contributed by atoms with Crippen LogP contribution < -0.4 is 10.2 Å². The molecule has 4 nitrogen and oxygen atoms in total. The number of hydrogen-bond donors (Lipinski definition) is 1. The van der Waals surface area contributed by atoms with Gasteiger partial charge < -0.3 is 19.9 Å². The normalized spacial score (nSPS) is 20.4. The molecule has 1 aromatic rings. The Hall–Kier alpha value is -1.10. The fraction of sp³-hybridized carbons (Fsp3) is 0.625. The molecule has 0 radical (unpaired) electrons. The van der Waals surface area contributed by atoms with Crippen molar-refractivity contribution in [3.63, 3.8) is 0 Å². The molecule has 0 spiro atoms. The quantitative estimate of drug-likeness (QED) is 0.799. The Balaban J connectivity index is 1.85. The molecule has 1 atom stereocenters. The molecule has 0 aliphatic carbocycles. The minimum absolute atomic E-state index is 0.624. The van der Waals surface area contributed by atoms with E-state index in [1.165, 1.54) is 11.3 Å². The summed E-state index contributed by atoms with van der Waals surface area (Å²) in [6.07, 6.45) is 0. The Kier molecular flexibility index (Phi) is 5.83. The average Bonchev–Trinajstić information content (AvgIpc) is 2.47. The summed E-state index contributed by atoms with van der Waals surface area (Å²) in [5.41, 5.74) is 2.66. The Morgan fingerprint density at radius 2 is 2.00 bits per heavy atom. The maximum absolute atomic E-state index is 5.02. The van der Waals surface area contributed by atoms with E-state index < -0.39 is 0 Å². The number of piperazine rings is 1. The van der Waals surface area contributed by atoms with E-state index in [2.05, 4.69) is 53.4 Å². The lowest BCUT2D eigenvalue weighted by Gasteiger charge is -2.39. The van der Waals surface area contributed by atoms with E-state index in [0.29, 0.717) is 6.04 Å². The van der Waals surface area contributed by atoms with Gasteiger partial charge >= 0.3 is 0 Å². The van der Waals surface area contributed by atoms with Crippen LogP contribution in [0.3, 0.4) is 0 Å². The molecule has 0 bridgehead atoms. The van der Waals surface area contributed by atoms with E-state index >= 15 is 0 Å². The van der Waals surface area contributed by atoms with Crippen LogP contribution in [0.25, 0.3) is 0 Å². The van der Waals surface area contributed by atoms with Gasteiger partial charge in [0.05, 0.1) is 6.61 Å². The van der Waals surface area contributed by atoms with Crippen molar-refractivity contribution >= 4 is 5.69 Å². The monoisotopic (exact) mass is 277 g/mol. The summed E-state index contributed by atoms with van der Waals surface area (Å²) in [7, 11) is 3.93. The van der Waals surface area contributed by atoms with Crippen LogP contribution in [-0.2, 0) is 11.3 Å². The smallest absolute Gasteiger partial charge is 0.0587 e. The molecule has 1 saturated heterocycles. The first-order valence-corrected chi connectivity index (χ1v) is 7.44. The van der Waals surface area contributed by atoms with Gasteiger partial charge in [0.2, 0.25) is 0 Å². The molecule has 4 heteroatoms. The fourth-order valence-electron chi connectivity index (χ4n) is 2.51. The summed E-state index contributed by atoms with van der Waals surface area (Å²) in [6, 6.07) is 9.55. The molecule has 1 fully saturated rings. The molecule has 0 aromatic heterocycles. The van der Waals surface area contributed by atoms with E-state index in [-0.39, 0.29) is 0 Å². The van der Waals surface area contributed by atoms with Crippen LogP contribution in [0.5, 0.6) is 0 Å². The Morgan fingerprint density at radius 3 is 2.65 bits per heavy atom. The maximum Gasteiger partial charge on any atom is 0.0587 e. The number of rotatable bonds is 6. The van der Waals surface area contributed by atoms with Gasteiger partial charge in [0.25, 0.3) is 0 Å². The van der Waals surface area contributed by atoms with Crippen LogP contribution in [0.4, 0.5) is 5.69 Å². The minimum atomic E-state index is 0.624. The van der Waals surface area contributed by atoms with Crippen molar-refractivity contribution < 1.29 is 4.74 Å². The number of ether oxygens (including phenoxy) is 1. The Bertz CT molecular complexity index is 393. The van der Waals surface area contributed by atoms with Crippen molar-refractivity contribution in [2.24, 2.45) is 0 Å². The van der Waals surface area contributed by atoms with E-state index in [1.807, 2.05) is 0 Å². The second kappa shape index (κ2) is 7.62. The van der Waals surface area contributed by atoms with Gasteiger partial charge in [-0.15, -0.1) is 0 Å². The van der Waals surface area contributed by atoms with Crippen LogP contribution in [0.2, 0.25) is 0 Å². The first-order chi connectivity index (χ1) is 9.70. The SMILES string of the molecule is COCCNCc1ccc(N2CCN(C)C(C)C2)cc1. The van der Waals surface area contributed by atoms with E-state index in [9.17, 15) is 0 Å². The summed E-state index contributed by atoms with van der Waals surface area (Å²) in [4.78, 5) is 4.90. The molecule has 20 heavy (non-hydrogen) atoms. The predicted octanol–water partition coefficient (Wildman–Crippen LogP) is 1.56. The van der Waals surface area contributed by atoms with Crippen molar-refractivity contribution in [3.8, 4) is 0 Å². The van der Waals surface area contributed by atoms with Crippen LogP contribution >= 0.6 is 0 Å². The topological polar surface area (TPSA) is 27.7 Å². The van der Waals surface area contributed by atoms with Crippen molar-refractivity contribution in [2.45, 2.75) is 19.5 Å². The zero-order valence-corrected chi connectivity index (χ0v) is 12.9. The average molecular weight is 277 g/mol. The summed E-state index contributed by atoms with van der Waals surface area (Å²) < 4.78 is 5.02. The lowest BCUT2D eigenvalue weighted by molar-refractivity contribution is 0.199. The molecule has 112 valence electrons. The third kappa shape index (κ3) is 4.20. The predicted molar refractivity (Wildman–Crippen MR) is 84.3 cm³/mol. The number of methoxy groups -OCH3 is 1. The number of anilines is 1. The molecule has 1 heterocycles. The third-order valence-corrected chi connectivity index (χ3v) is 4.07. The van der Waals surface area contributed by atoms with E-state index in [4.69, 9.17) is 4.74 Å². The summed E-state index contributed by atoms with van der Waals surface area (Å²) >= 11 is 0. The zero-order chi connectivity index (χ0) is 14.4. The second-order valence-corrected chi connectivity index (χ2v) is 5.61. The lowest BCUT2D eigenvalue weighted by Crippen LogP contribution is -2.50. The molecule has 1 unspecified atom stereocenters. The highest BCUT2D eigenvalue weighted by molar-refractivity contribution is 5.48. The molecule has 1 aromatic carbocycles. The molecule has 1 aliphatic heterocycles. The highest BCUT2D eigenvalue weighted by atomic mass is 16.5.